The van der Waals surface area contributed by atoms with Gasteiger partial charge in [0.05, 0.1) is 6.54 Å². The van der Waals surface area contributed by atoms with Crippen LogP contribution in [0, 0.1) is 0 Å². The molecule has 0 aliphatic rings. The average Bonchev–Trinajstić information content (AvgIpc) is 2.45. The number of likely N-dealkylation sites (N-methyl/N-ethyl adjacent to an activating group) is 1. The minimum atomic E-state index is -4.18. The van der Waals surface area contributed by atoms with Crippen molar-refractivity contribution in [3.05, 3.63) is 29.0 Å². The number of hydrogen-bond acceptors (Lipinski definition) is 3. The van der Waals surface area contributed by atoms with Crippen LogP contribution in [0.1, 0.15) is 5.56 Å². The lowest BCUT2D eigenvalue weighted by atomic mass is 10.2. The molecule has 0 fully saturated rings. The van der Waals surface area contributed by atoms with Crippen LogP contribution < -0.4 is 10.6 Å². The number of hydrogen-bond donors (Lipinski definition) is 2. The van der Waals surface area contributed by atoms with E-state index >= 15 is 0 Å². The lowest BCUT2D eigenvalue weighted by Crippen LogP contribution is -2.42. The standard InChI is InChI=1S/C14H21ClF3N5.HI/c1-19-13(21-7-8-23(2)10-14(16,17)18)20-6-5-11-3-4-12(15)22-9-11;/h3-4,9H,5-8,10H2,1-2H3,(H2,19,20,21);1H. The van der Waals surface area contributed by atoms with Gasteiger partial charge in [-0.1, -0.05) is 17.7 Å². The molecule has 0 saturated heterocycles. The summed E-state index contributed by atoms with van der Waals surface area (Å²) in [5.41, 5.74) is 1.03. The Balaban J connectivity index is 0.00000529. The zero-order valence-electron chi connectivity index (χ0n) is 13.5. The fourth-order valence-corrected chi connectivity index (χ4v) is 1.96. The normalized spacial score (nSPS) is 12.0. The second-order valence-electron chi connectivity index (χ2n) is 5.02. The third-order valence-corrected chi connectivity index (χ3v) is 3.18. The number of aliphatic imine (C=N–C) groups is 1. The second kappa shape index (κ2) is 11.7. The zero-order valence-corrected chi connectivity index (χ0v) is 16.6. The first-order chi connectivity index (χ1) is 10.8. The van der Waals surface area contributed by atoms with E-state index < -0.39 is 12.7 Å². The highest BCUT2D eigenvalue weighted by Crippen LogP contribution is 2.14. The predicted molar refractivity (Wildman–Crippen MR) is 101 cm³/mol. The molecule has 0 bridgehead atoms. The average molecular weight is 480 g/mol. The second-order valence-corrected chi connectivity index (χ2v) is 5.41. The molecule has 1 rings (SSSR count). The van der Waals surface area contributed by atoms with Crippen molar-refractivity contribution in [3.63, 3.8) is 0 Å². The van der Waals surface area contributed by atoms with E-state index in [0.29, 0.717) is 24.2 Å². The van der Waals surface area contributed by atoms with Crippen LogP contribution in [-0.4, -0.2) is 62.3 Å². The largest absolute Gasteiger partial charge is 0.401 e. The minimum absolute atomic E-state index is 0. The van der Waals surface area contributed by atoms with E-state index in [1.165, 1.54) is 11.9 Å². The number of guanidine groups is 1. The third kappa shape index (κ3) is 10.9. The monoisotopic (exact) mass is 479 g/mol. The van der Waals surface area contributed by atoms with E-state index in [-0.39, 0.29) is 30.5 Å². The molecule has 0 atom stereocenters. The maximum atomic E-state index is 12.2. The van der Waals surface area contributed by atoms with Crippen LogP contribution in [0.3, 0.4) is 0 Å². The van der Waals surface area contributed by atoms with E-state index in [4.69, 9.17) is 11.6 Å². The van der Waals surface area contributed by atoms with Gasteiger partial charge < -0.3 is 10.6 Å². The van der Waals surface area contributed by atoms with Gasteiger partial charge in [-0.05, 0) is 25.1 Å². The number of rotatable bonds is 7. The molecule has 0 unspecified atom stereocenters. The number of halogens is 5. The number of nitrogens with zero attached hydrogens (tertiary/aromatic N) is 3. The number of nitrogens with one attached hydrogen (secondary N) is 2. The molecule has 1 heterocycles. The summed E-state index contributed by atoms with van der Waals surface area (Å²) in [7, 11) is 3.04. The maximum Gasteiger partial charge on any atom is 0.401 e. The van der Waals surface area contributed by atoms with Crippen molar-refractivity contribution in [3.8, 4) is 0 Å². The lowest BCUT2D eigenvalue weighted by molar-refractivity contribution is -0.142. The Morgan fingerprint density at radius 2 is 1.96 bits per heavy atom. The van der Waals surface area contributed by atoms with E-state index in [1.807, 2.05) is 6.07 Å². The quantitative estimate of drug-likeness (QED) is 0.273. The first-order valence-corrected chi connectivity index (χ1v) is 7.48. The van der Waals surface area contributed by atoms with E-state index in [1.54, 1.807) is 19.3 Å². The van der Waals surface area contributed by atoms with Crippen LogP contribution in [0.15, 0.2) is 23.3 Å². The van der Waals surface area contributed by atoms with Gasteiger partial charge >= 0.3 is 6.18 Å². The van der Waals surface area contributed by atoms with Crippen LogP contribution >= 0.6 is 35.6 Å². The fraction of sp³-hybridized carbons (Fsp3) is 0.571. The van der Waals surface area contributed by atoms with Crippen molar-refractivity contribution < 1.29 is 13.2 Å². The van der Waals surface area contributed by atoms with Crippen molar-refractivity contribution in [1.29, 1.82) is 0 Å². The van der Waals surface area contributed by atoms with Crippen LogP contribution in [0.2, 0.25) is 5.15 Å². The molecule has 0 spiro atoms. The van der Waals surface area contributed by atoms with Gasteiger partial charge in [-0.3, -0.25) is 9.89 Å². The Kier molecular flexibility index (Phi) is 11.3. The van der Waals surface area contributed by atoms with Gasteiger partial charge in [0.25, 0.3) is 0 Å². The summed E-state index contributed by atoms with van der Waals surface area (Å²) >= 11 is 5.71. The molecule has 1 aromatic heterocycles. The first-order valence-electron chi connectivity index (χ1n) is 7.10. The molecule has 10 heteroatoms. The summed E-state index contributed by atoms with van der Waals surface area (Å²) in [4.78, 5) is 9.22. The lowest BCUT2D eigenvalue weighted by Gasteiger charge is -2.19. The van der Waals surface area contributed by atoms with Gasteiger partial charge in [-0.25, -0.2) is 4.98 Å². The molecule has 0 saturated carbocycles. The van der Waals surface area contributed by atoms with Gasteiger partial charge in [0.2, 0.25) is 0 Å². The molecule has 5 nitrogen and oxygen atoms in total. The predicted octanol–water partition coefficient (Wildman–Crippen LogP) is 2.55. The highest BCUT2D eigenvalue weighted by Gasteiger charge is 2.28. The summed E-state index contributed by atoms with van der Waals surface area (Å²) in [5.74, 6) is 0.548. The van der Waals surface area contributed by atoms with Crippen molar-refractivity contribution in [2.75, 3.05) is 40.3 Å². The van der Waals surface area contributed by atoms with E-state index in [0.717, 1.165) is 12.0 Å². The van der Waals surface area contributed by atoms with Crippen molar-refractivity contribution in [2.24, 2.45) is 4.99 Å². The highest BCUT2D eigenvalue weighted by molar-refractivity contribution is 14.0. The van der Waals surface area contributed by atoms with Crippen LogP contribution in [0.4, 0.5) is 13.2 Å². The topological polar surface area (TPSA) is 52.6 Å². The summed E-state index contributed by atoms with van der Waals surface area (Å²) < 4.78 is 36.6. The van der Waals surface area contributed by atoms with Crippen LogP contribution in [-0.2, 0) is 6.42 Å². The fourth-order valence-electron chi connectivity index (χ4n) is 1.85. The Labute approximate surface area is 162 Å². The van der Waals surface area contributed by atoms with Crippen LogP contribution in [0.5, 0.6) is 0 Å². The molecule has 0 aliphatic carbocycles. The van der Waals surface area contributed by atoms with E-state index in [9.17, 15) is 13.2 Å². The Hall–Kier alpha value is -0.810. The van der Waals surface area contributed by atoms with Gasteiger partial charge in [-0.2, -0.15) is 13.2 Å². The number of pyridine rings is 1. The summed E-state index contributed by atoms with van der Waals surface area (Å²) in [6.07, 6.45) is -1.74. The molecule has 0 amide bonds. The Morgan fingerprint density at radius 1 is 1.29 bits per heavy atom. The molecule has 0 aliphatic heterocycles. The molecule has 24 heavy (non-hydrogen) atoms. The molecule has 0 radical (unpaired) electrons. The van der Waals surface area contributed by atoms with Crippen LogP contribution in [0.25, 0.3) is 0 Å². The van der Waals surface area contributed by atoms with Crippen molar-refractivity contribution >= 4 is 41.5 Å². The molecule has 1 aromatic rings. The van der Waals surface area contributed by atoms with Crippen molar-refractivity contribution in [2.45, 2.75) is 12.6 Å². The number of aromatic nitrogens is 1. The van der Waals surface area contributed by atoms with Crippen molar-refractivity contribution in [1.82, 2.24) is 20.5 Å². The van der Waals surface area contributed by atoms with E-state index in [2.05, 4.69) is 20.6 Å². The SMILES string of the molecule is CN=C(NCCc1ccc(Cl)nc1)NCCN(C)CC(F)(F)F.I. The maximum absolute atomic E-state index is 12.2. The molecule has 0 aromatic carbocycles. The molecule has 138 valence electrons. The zero-order chi connectivity index (χ0) is 17.3. The summed E-state index contributed by atoms with van der Waals surface area (Å²) in [6.45, 7) is 0.335. The van der Waals surface area contributed by atoms with Gasteiger partial charge in [0.1, 0.15) is 5.15 Å². The summed E-state index contributed by atoms with van der Waals surface area (Å²) in [5, 5.41) is 6.51. The smallest absolute Gasteiger partial charge is 0.356 e. The molecule has 2 N–H and O–H groups in total. The van der Waals surface area contributed by atoms with Gasteiger partial charge in [0, 0.05) is 32.9 Å². The molecular formula is C14H22ClF3IN5. The Morgan fingerprint density at radius 3 is 2.50 bits per heavy atom. The van der Waals surface area contributed by atoms with Gasteiger partial charge in [-0.15, -0.1) is 24.0 Å². The Bertz CT molecular complexity index is 496. The third-order valence-electron chi connectivity index (χ3n) is 2.95. The highest BCUT2D eigenvalue weighted by atomic mass is 127. The molecular weight excluding hydrogens is 458 g/mol. The summed E-state index contributed by atoms with van der Waals surface area (Å²) in [6, 6.07) is 3.61. The minimum Gasteiger partial charge on any atom is -0.356 e. The van der Waals surface area contributed by atoms with Gasteiger partial charge in [0.15, 0.2) is 5.96 Å². The first kappa shape index (κ1) is 23.2. The number of alkyl halides is 3.